The second-order valence-electron chi connectivity index (χ2n) is 6.96. The lowest BCUT2D eigenvalue weighted by Gasteiger charge is -2.27. The average molecular weight is 459 g/mol. The molecule has 0 bridgehead atoms. The number of nitrogens with zero attached hydrogens (tertiary/aromatic N) is 2. The highest BCUT2D eigenvalue weighted by atomic mass is 35.5. The van der Waals surface area contributed by atoms with Gasteiger partial charge in [-0.2, -0.15) is 4.99 Å². The zero-order valence-electron chi connectivity index (χ0n) is 17.2. The van der Waals surface area contributed by atoms with Crippen molar-refractivity contribution in [2.24, 2.45) is 4.99 Å². The smallest absolute Gasteiger partial charge is 0.286 e. The highest BCUT2D eigenvalue weighted by molar-refractivity contribution is 8.18. The Balaban J connectivity index is 1.47. The van der Waals surface area contributed by atoms with Gasteiger partial charge < -0.3 is 19.1 Å². The fourth-order valence-corrected chi connectivity index (χ4v) is 4.27. The maximum absolute atomic E-state index is 12.4. The van der Waals surface area contributed by atoms with Gasteiger partial charge in [0.15, 0.2) is 16.7 Å². The lowest BCUT2D eigenvalue weighted by Crippen LogP contribution is -2.38. The molecule has 1 amide bonds. The lowest BCUT2D eigenvalue weighted by atomic mass is 10.2. The Morgan fingerprint density at radius 3 is 2.65 bits per heavy atom. The zero-order chi connectivity index (χ0) is 21.6. The minimum atomic E-state index is -0.215. The number of ether oxygens (including phenoxy) is 3. The van der Waals surface area contributed by atoms with Crippen molar-refractivity contribution in [3.63, 3.8) is 0 Å². The van der Waals surface area contributed by atoms with Gasteiger partial charge in [-0.15, -0.1) is 0 Å². The third-order valence-electron chi connectivity index (χ3n) is 4.76. The number of halogens is 1. The molecule has 2 aromatic carbocycles. The second kappa shape index (κ2) is 10.2. The van der Waals surface area contributed by atoms with Crippen LogP contribution in [0.1, 0.15) is 18.1 Å². The molecule has 2 aromatic rings. The van der Waals surface area contributed by atoms with Gasteiger partial charge in [0.25, 0.3) is 5.91 Å². The van der Waals surface area contributed by atoms with Crippen LogP contribution in [0.4, 0.5) is 0 Å². The molecule has 31 heavy (non-hydrogen) atoms. The van der Waals surface area contributed by atoms with E-state index >= 15 is 0 Å². The van der Waals surface area contributed by atoms with Crippen LogP contribution in [-0.2, 0) is 16.1 Å². The summed E-state index contributed by atoms with van der Waals surface area (Å²) in [6, 6.07) is 13.2. The van der Waals surface area contributed by atoms with Crippen LogP contribution in [0.5, 0.6) is 11.5 Å². The van der Waals surface area contributed by atoms with Crippen LogP contribution in [0, 0.1) is 0 Å². The molecule has 0 N–H and O–H groups in total. The van der Waals surface area contributed by atoms with Crippen molar-refractivity contribution < 1.29 is 19.0 Å². The number of benzene rings is 2. The van der Waals surface area contributed by atoms with Crippen LogP contribution in [0.2, 0.25) is 5.02 Å². The number of hydrogen-bond acceptors (Lipinski definition) is 6. The Bertz CT molecular complexity index is 1000. The van der Waals surface area contributed by atoms with Crippen molar-refractivity contribution in [3.8, 4) is 11.5 Å². The summed E-state index contributed by atoms with van der Waals surface area (Å²) in [7, 11) is 0. The largest absolute Gasteiger partial charge is 0.490 e. The first-order valence-electron chi connectivity index (χ1n) is 10.1. The van der Waals surface area contributed by atoms with Crippen molar-refractivity contribution in [3.05, 3.63) is 63.5 Å². The molecule has 0 unspecified atom stereocenters. The van der Waals surface area contributed by atoms with E-state index in [2.05, 4.69) is 9.89 Å². The van der Waals surface area contributed by atoms with E-state index in [9.17, 15) is 4.79 Å². The van der Waals surface area contributed by atoms with Crippen molar-refractivity contribution >= 4 is 40.5 Å². The predicted molar refractivity (Wildman–Crippen MR) is 124 cm³/mol. The molecule has 1 fully saturated rings. The summed E-state index contributed by atoms with van der Waals surface area (Å²) in [5.74, 6) is 1.07. The van der Waals surface area contributed by atoms with Crippen molar-refractivity contribution in [2.45, 2.75) is 13.5 Å². The van der Waals surface area contributed by atoms with Gasteiger partial charge >= 0.3 is 0 Å². The van der Waals surface area contributed by atoms with Crippen LogP contribution < -0.4 is 9.47 Å². The highest BCUT2D eigenvalue weighted by Gasteiger charge is 2.27. The molecule has 8 heteroatoms. The van der Waals surface area contributed by atoms with E-state index in [1.54, 1.807) is 0 Å². The number of hydrogen-bond donors (Lipinski definition) is 0. The fourth-order valence-electron chi connectivity index (χ4n) is 3.18. The lowest BCUT2D eigenvalue weighted by molar-refractivity contribution is -0.113. The van der Waals surface area contributed by atoms with Crippen LogP contribution in [-0.4, -0.2) is 48.9 Å². The van der Waals surface area contributed by atoms with Gasteiger partial charge in [-0.25, -0.2) is 0 Å². The molecule has 0 radical (unpaired) electrons. The van der Waals surface area contributed by atoms with E-state index in [4.69, 9.17) is 25.8 Å². The standard InChI is InChI=1S/C23H23ClN2O4S/c1-2-29-20-13-17(5-8-19(20)30-15-16-3-6-18(24)7-4-16)14-21-22(27)25-23(31-21)26-9-11-28-12-10-26/h3-8,13-14H,2,9-12,15H2,1H3. The first kappa shape index (κ1) is 21.7. The topological polar surface area (TPSA) is 60.4 Å². The maximum atomic E-state index is 12.4. The number of aliphatic imine (C=N–C) groups is 1. The number of amidine groups is 1. The molecule has 2 aliphatic heterocycles. The second-order valence-corrected chi connectivity index (χ2v) is 8.41. The Kier molecular flexibility index (Phi) is 7.17. The molecule has 1 saturated heterocycles. The molecule has 0 aromatic heterocycles. The molecular weight excluding hydrogens is 436 g/mol. The molecular formula is C23H23ClN2O4S. The molecule has 0 aliphatic carbocycles. The SMILES string of the molecule is CCOc1cc(C=C2SC(N3CCOCC3)=NC2=O)ccc1OCc1ccc(Cl)cc1. The molecule has 4 rings (SSSR count). The third kappa shape index (κ3) is 5.61. The Labute approximate surface area is 190 Å². The third-order valence-corrected chi connectivity index (χ3v) is 6.06. The molecule has 2 aliphatic rings. The molecule has 2 heterocycles. The van der Waals surface area contributed by atoms with Crippen molar-refractivity contribution in [1.82, 2.24) is 4.90 Å². The summed E-state index contributed by atoms with van der Waals surface area (Å²) in [4.78, 5) is 19.3. The molecule has 0 atom stereocenters. The minimum Gasteiger partial charge on any atom is -0.490 e. The number of amides is 1. The van der Waals surface area contributed by atoms with Crippen molar-refractivity contribution in [1.29, 1.82) is 0 Å². The summed E-state index contributed by atoms with van der Waals surface area (Å²) < 4.78 is 17.1. The van der Waals surface area contributed by atoms with Crippen LogP contribution in [0.15, 0.2) is 52.4 Å². The van der Waals surface area contributed by atoms with Gasteiger partial charge in [0.2, 0.25) is 0 Å². The number of carbonyl (C=O) groups excluding carboxylic acids is 1. The predicted octanol–water partition coefficient (Wildman–Crippen LogP) is 4.62. The van der Waals surface area contributed by atoms with E-state index in [0.29, 0.717) is 47.9 Å². The molecule has 162 valence electrons. The van der Waals surface area contributed by atoms with E-state index < -0.39 is 0 Å². The van der Waals surface area contributed by atoms with E-state index in [1.807, 2.05) is 55.5 Å². The quantitative estimate of drug-likeness (QED) is 0.588. The van der Waals surface area contributed by atoms with Gasteiger partial charge in [0.05, 0.1) is 24.7 Å². The maximum Gasteiger partial charge on any atom is 0.286 e. The molecule has 0 saturated carbocycles. The first-order valence-corrected chi connectivity index (χ1v) is 11.3. The summed E-state index contributed by atoms with van der Waals surface area (Å²) in [5.41, 5.74) is 1.87. The first-order chi connectivity index (χ1) is 15.1. The summed E-state index contributed by atoms with van der Waals surface area (Å²) in [6.07, 6.45) is 1.84. The number of morpholine rings is 1. The summed E-state index contributed by atoms with van der Waals surface area (Å²) in [6.45, 7) is 5.65. The molecule has 6 nitrogen and oxygen atoms in total. The monoisotopic (exact) mass is 458 g/mol. The summed E-state index contributed by atoms with van der Waals surface area (Å²) in [5, 5.41) is 1.43. The molecule has 0 spiro atoms. The highest BCUT2D eigenvalue weighted by Crippen LogP contribution is 2.34. The van der Waals surface area contributed by atoms with Gasteiger partial charge in [0, 0.05) is 18.1 Å². The van der Waals surface area contributed by atoms with Gasteiger partial charge in [0.1, 0.15) is 6.61 Å². The van der Waals surface area contributed by atoms with E-state index in [1.165, 1.54) is 11.8 Å². The Hall–Kier alpha value is -2.48. The fraction of sp³-hybridized carbons (Fsp3) is 0.304. The number of carbonyl (C=O) groups is 1. The van der Waals surface area contributed by atoms with E-state index in [0.717, 1.165) is 29.4 Å². The van der Waals surface area contributed by atoms with Crippen LogP contribution in [0.3, 0.4) is 0 Å². The number of thioether (sulfide) groups is 1. The van der Waals surface area contributed by atoms with E-state index in [-0.39, 0.29) is 5.91 Å². The average Bonchev–Trinajstić information content (AvgIpc) is 3.15. The Morgan fingerprint density at radius 2 is 1.90 bits per heavy atom. The van der Waals surface area contributed by atoms with Crippen molar-refractivity contribution in [2.75, 3.05) is 32.9 Å². The summed E-state index contributed by atoms with van der Waals surface area (Å²) >= 11 is 7.34. The van der Waals surface area contributed by atoms with Gasteiger partial charge in [-0.3, -0.25) is 4.79 Å². The van der Waals surface area contributed by atoms with Crippen LogP contribution >= 0.6 is 23.4 Å². The van der Waals surface area contributed by atoms with Gasteiger partial charge in [-0.1, -0.05) is 29.8 Å². The number of rotatable bonds is 6. The van der Waals surface area contributed by atoms with Gasteiger partial charge in [-0.05, 0) is 60.2 Å². The minimum absolute atomic E-state index is 0.215. The van der Waals surface area contributed by atoms with Crippen LogP contribution in [0.25, 0.3) is 6.08 Å². The Morgan fingerprint density at radius 1 is 1.13 bits per heavy atom. The zero-order valence-corrected chi connectivity index (χ0v) is 18.7. The normalized spacial score (nSPS) is 17.7.